The first kappa shape index (κ1) is 19.2. The summed E-state index contributed by atoms with van der Waals surface area (Å²) in [4.78, 5) is 12.0. The number of sulfonamides is 1. The monoisotopic (exact) mass is 494 g/mol. The highest BCUT2D eigenvalue weighted by Gasteiger charge is 2.14. The van der Waals surface area contributed by atoms with Crippen LogP contribution >= 0.6 is 22.6 Å². The first-order chi connectivity index (χ1) is 12.9. The Kier molecular flexibility index (Phi) is 5.97. The molecule has 0 unspecified atom stereocenters. The molecule has 2 N–H and O–H groups in total. The van der Waals surface area contributed by atoms with Gasteiger partial charge in [-0.15, -0.1) is 0 Å². The fourth-order valence-electron chi connectivity index (χ4n) is 2.18. The first-order valence-electron chi connectivity index (χ1n) is 7.83. The van der Waals surface area contributed by atoms with Crippen LogP contribution in [0.4, 0.5) is 11.4 Å². The summed E-state index contributed by atoms with van der Waals surface area (Å²) in [5.74, 6) is 0.215. The lowest BCUT2D eigenvalue weighted by atomic mass is 10.3. The van der Waals surface area contributed by atoms with Crippen molar-refractivity contribution in [3.63, 3.8) is 0 Å². The third-order valence-electron chi connectivity index (χ3n) is 3.47. The smallest absolute Gasteiger partial charge is 0.261 e. The van der Waals surface area contributed by atoms with Crippen molar-refractivity contribution in [3.8, 4) is 0 Å². The molecular weight excluding hydrogens is 479 g/mol. The molecule has 0 saturated heterocycles. The van der Waals surface area contributed by atoms with Crippen molar-refractivity contribution in [2.45, 2.75) is 4.90 Å². The van der Waals surface area contributed by atoms with Gasteiger partial charge in [0.2, 0.25) is 5.91 Å². The van der Waals surface area contributed by atoms with Crippen molar-refractivity contribution in [3.05, 3.63) is 82.3 Å². The molecular formula is C19H15IN2O4S. The summed E-state index contributed by atoms with van der Waals surface area (Å²) in [5.41, 5.74) is 0.966. The van der Waals surface area contributed by atoms with Gasteiger partial charge in [0, 0.05) is 21.0 Å². The van der Waals surface area contributed by atoms with Gasteiger partial charge in [0.15, 0.2) is 0 Å². The molecule has 0 aliphatic rings. The van der Waals surface area contributed by atoms with Crippen LogP contribution in [0.2, 0.25) is 0 Å². The van der Waals surface area contributed by atoms with Crippen molar-refractivity contribution in [2.75, 3.05) is 10.0 Å². The number of rotatable bonds is 6. The lowest BCUT2D eigenvalue weighted by Crippen LogP contribution is -2.13. The topological polar surface area (TPSA) is 88.4 Å². The fourth-order valence-corrected chi connectivity index (χ4v) is 3.60. The number of anilines is 2. The van der Waals surface area contributed by atoms with Crippen LogP contribution in [0.5, 0.6) is 0 Å². The molecule has 1 heterocycles. The van der Waals surface area contributed by atoms with E-state index in [0.717, 1.165) is 3.57 Å². The fraction of sp³-hybridized carbons (Fsp3) is 0. The predicted molar refractivity (Wildman–Crippen MR) is 113 cm³/mol. The van der Waals surface area contributed by atoms with E-state index >= 15 is 0 Å². The van der Waals surface area contributed by atoms with Gasteiger partial charge in [-0.2, -0.15) is 0 Å². The molecule has 0 aliphatic carbocycles. The van der Waals surface area contributed by atoms with Crippen LogP contribution in [0, 0.1) is 3.57 Å². The number of hydrogen-bond donors (Lipinski definition) is 2. The van der Waals surface area contributed by atoms with E-state index in [2.05, 4.69) is 32.6 Å². The van der Waals surface area contributed by atoms with Gasteiger partial charge in [-0.25, -0.2) is 8.42 Å². The molecule has 0 radical (unpaired) electrons. The Bertz CT molecular complexity index is 1040. The van der Waals surface area contributed by atoms with E-state index in [1.807, 2.05) is 12.1 Å². The van der Waals surface area contributed by atoms with Gasteiger partial charge in [0.25, 0.3) is 10.0 Å². The summed E-state index contributed by atoms with van der Waals surface area (Å²) < 4.78 is 33.5. The Labute approximate surface area is 170 Å². The van der Waals surface area contributed by atoms with Crippen molar-refractivity contribution in [1.29, 1.82) is 0 Å². The molecule has 3 aromatic rings. The quantitative estimate of drug-likeness (QED) is 0.395. The minimum Gasteiger partial charge on any atom is -0.465 e. The van der Waals surface area contributed by atoms with Gasteiger partial charge >= 0.3 is 0 Å². The Balaban J connectivity index is 1.65. The van der Waals surface area contributed by atoms with Gasteiger partial charge in [-0.3, -0.25) is 9.52 Å². The number of carbonyl (C=O) groups is 1. The minimum absolute atomic E-state index is 0.102. The second-order valence-corrected chi connectivity index (χ2v) is 8.40. The molecule has 0 fully saturated rings. The number of benzene rings is 2. The number of furan rings is 1. The zero-order chi connectivity index (χ0) is 19.3. The molecule has 3 rings (SSSR count). The van der Waals surface area contributed by atoms with Crippen LogP contribution in [0.3, 0.4) is 0 Å². The minimum atomic E-state index is -3.70. The van der Waals surface area contributed by atoms with E-state index in [9.17, 15) is 13.2 Å². The van der Waals surface area contributed by atoms with Gasteiger partial charge in [-0.1, -0.05) is 0 Å². The van der Waals surface area contributed by atoms with Gasteiger partial charge in [-0.05, 0) is 89.3 Å². The number of halogens is 1. The van der Waals surface area contributed by atoms with Crippen LogP contribution in [0.25, 0.3) is 6.08 Å². The summed E-state index contributed by atoms with van der Waals surface area (Å²) in [6, 6.07) is 16.4. The highest BCUT2D eigenvalue weighted by atomic mass is 127. The zero-order valence-electron chi connectivity index (χ0n) is 13.9. The molecule has 27 heavy (non-hydrogen) atoms. The molecule has 0 saturated carbocycles. The second kappa shape index (κ2) is 8.40. The normalized spacial score (nSPS) is 11.4. The average molecular weight is 494 g/mol. The lowest BCUT2D eigenvalue weighted by molar-refractivity contribution is -0.111. The predicted octanol–water partition coefficient (Wildman–Crippen LogP) is 4.34. The highest BCUT2D eigenvalue weighted by Crippen LogP contribution is 2.19. The number of nitrogens with one attached hydrogen (secondary N) is 2. The number of carbonyl (C=O) groups excluding carboxylic acids is 1. The molecule has 2 aromatic carbocycles. The van der Waals surface area contributed by atoms with E-state index in [1.54, 1.807) is 30.3 Å². The van der Waals surface area contributed by atoms with Gasteiger partial charge in [0.05, 0.1) is 11.2 Å². The molecule has 8 heteroatoms. The standard InChI is InChI=1S/C19H15IN2O4S/c20-14-3-5-16(6-4-14)22-27(24,25)18-10-7-15(8-11-18)21-19(23)12-9-17-2-1-13-26-17/h1-13,22H,(H,21,23). The summed E-state index contributed by atoms with van der Waals surface area (Å²) >= 11 is 2.15. The maximum Gasteiger partial charge on any atom is 0.261 e. The molecule has 138 valence electrons. The van der Waals surface area contributed by atoms with E-state index in [-0.39, 0.29) is 10.8 Å². The van der Waals surface area contributed by atoms with Crippen molar-refractivity contribution in [1.82, 2.24) is 0 Å². The van der Waals surface area contributed by atoms with Crippen LogP contribution in [0.15, 0.2) is 82.3 Å². The van der Waals surface area contributed by atoms with Crippen molar-refractivity contribution in [2.24, 2.45) is 0 Å². The summed E-state index contributed by atoms with van der Waals surface area (Å²) in [6.45, 7) is 0. The average Bonchev–Trinajstić information content (AvgIpc) is 3.16. The van der Waals surface area contributed by atoms with E-state index < -0.39 is 10.0 Å². The Morgan fingerprint density at radius 3 is 2.26 bits per heavy atom. The van der Waals surface area contributed by atoms with Crippen molar-refractivity contribution >= 4 is 56.0 Å². The van der Waals surface area contributed by atoms with Crippen LogP contribution in [-0.2, 0) is 14.8 Å². The third-order valence-corrected chi connectivity index (χ3v) is 5.59. The molecule has 0 atom stereocenters. The van der Waals surface area contributed by atoms with Crippen LogP contribution < -0.4 is 10.0 Å². The molecule has 6 nitrogen and oxygen atoms in total. The summed E-state index contributed by atoms with van der Waals surface area (Å²) in [6.07, 6.45) is 4.39. The largest absolute Gasteiger partial charge is 0.465 e. The van der Waals surface area contributed by atoms with Gasteiger partial charge < -0.3 is 9.73 Å². The van der Waals surface area contributed by atoms with E-state index in [0.29, 0.717) is 17.1 Å². The van der Waals surface area contributed by atoms with E-state index in [1.165, 1.54) is 36.6 Å². The Hall–Kier alpha value is -2.59. The van der Waals surface area contributed by atoms with E-state index in [4.69, 9.17) is 4.42 Å². The van der Waals surface area contributed by atoms with Crippen LogP contribution in [-0.4, -0.2) is 14.3 Å². The molecule has 0 spiro atoms. The maximum absolute atomic E-state index is 12.4. The zero-order valence-corrected chi connectivity index (χ0v) is 16.9. The molecule has 1 amide bonds. The summed E-state index contributed by atoms with van der Waals surface area (Å²) in [5, 5.41) is 2.66. The third kappa shape index (κ3) is 5.44. The number of amides is 1. The Morgan fingerprint density at radius 2 is 1.63 bits per heavy atom. The lowest BCUT2D eigenvalue weighted by Gasteiger charge is -2.09. The van der Waals surface area contributed by atoms with Gasteiger partial charge in [0.1, 0.15) is 5.76 Å². The SMILES string of the molecule is O=C(C=Cc1ccco1)Nc1ccc(S(=O)(=O)Nc2ccc(I)cc2)cc1. The molecule has 0 aliphatic heterocycles. The first-order valence-corrected chi connectivity index (χ1v) is 10.4. The van der Waals surface area contributed by atoms with Crippen LogP contribution in [0.1, 0.15) is 5.76 Å². The maximum atomic E-state index is 12.4. The summed E-state index contributed by atoms with van der Waals surface area (Å²) in [7, 11) is -3.70. The van der Waals surface area contributed by atoms with Crippen molar-refractivity contribution < 1.29 is 17.6 Å². The molecule has 1 aromatic heterocycles. The highest BCUT2D eigenvalue weighted by molar-refractivity contribution is 14.1. The Morgan fingerprint density at radius 1 is 0.963 bits per heavy atom. The second-order valence-electron chi connectivity index (χ2n) is 5.47. The molecule has 0 bridgehead atoms. The number of hydrogen-bond acceptors (Lipinski definition) is 4.